The summed E-state index contributed by atoms with van der Waals surface area (Å²) in [6.07, 6.45) is 0.172. The molecule has 0 aliphatic carbocycles. The lowest BCUT2D eigenvalue weighted by Gasteiger charge is -2.12. The summed E-state index contributed by atoms with van der Waals surface area (Å²) in [6, 6.07) is 12.4. The van der Waals surface area contributed by atoms with Gasteiger partial charge >= 0.3 is 0 Å². The first-order valence-corrected chi connectivity index (χ1v) is 7.62. The normalized spacial score (nSPS) is 10.6. The molecule has 0 spiro atoms. The second kappa shape index (κ2) is 7.90. The maximum absolute atomic E-state index is 13.0. The number of ether oxygens (including phenoxy) is 1. The molecule has 118 valence electrons. The lowest BCUT2D eigenvalue weighted by atomic mass is 10.3. The van der Waals surface area contributed by atoms with E-state index in [1.54, 1.807) is 12.1 Å². The molecule has 2 N–H and O–H groups in total. The Morgan fingerprint density at radius 1 is 1.00 bits per heavy atom. The van der Waals surface area contributed by atoms with E-state index in [1.165, 1.54) is 6.07 Å². The van der Waals surface area contributed by atoms with Gasteiger partial charge in [0.25, 0.3) is 0 Å². The Bertz CT molecular complexity index is 602. The van der Waals surface area contributed by atoms with Crippen molar-refractivity contribution in [1.82, 2.24) is 0 Å². The summed E-state index contributed by atoms with van der Waals surface area (Å²) in [4.78, 5) is 0. The SMILES string of the molecule is CC(C)Oc1ccc(NCCNc2ccc(F)c(Cl)c2)cc1. The Morgan fingerprint density at radius 3 is 2.18 bits per heavy atom. The van der Waals surface area contributed by atoms with Crippen LogP contribution in [-0.2, 0) is 0 Å². The Morgan fingerprint density at radius 2 is 1.59 bits per heavy atom. The van der Waals surface area contributed by atoms with Crippen LogP contribution in [-0.4, -0.2) is 19.2 Å². The topological polar surface area (TPSA) is 33.3 Å². The summed E-state index contributed by atoms with van der Waals surface area (Å²) in [6.45, 7) is 5.44. The second-order valence-electron chi connectivity index (χ2n) is 5.17. The molecule has 0 heterocycles. The largest absolute Gasteiger partial charge is 0.491 e. The van der Waals surface area contributed by atoms with E-state index >= 15 is 0 Å². The van der Waals surface area contributed by atoms with Crippen molar-refractivity contribution in [3.05, 3.63) is 53.3 Å². The van der Waals surface area contributed by atoms with Crippen LogP contribution in [0.5, 0.6) is 5.75 Å². The van der Waals surface area contributed by atoms with Crippen LogP contribution in [0.4, 0.5) is 15.8 Å². The quantitative estimate of drug-likeness (QED) is 0.719. The minimum absolute atomic E-state index is 0.124. The van der Waals surface area contributed by atoms with Crippen molar-refractivity contribution >= 4 is 23.0 Å². The first-order valence-electron chi connectivity index (χ1n) is 7.24. The molecule has 0 atom stereocenters. The maximum atomic E-state index is 13.0. The van der Waals surface area contributed by atoms with Gasteiger partial charge in [-0.3, -0.25) is 0 Å². The van der Waals surface area contributed by atoms with Crippen LogP contribution < -0.4 is 15.4 Å². The number of nitrogens with one attached hydrogen (secondary N) is 2. The van der Waals surface area contributed by atoms with Crippen molar-refractivity contribution in [1.29, 1.82) is 0 Å². The highest BCUT2D eigenvalue weighted by molar-refractivity contribution is 6.31. The van der Waals surface area contributed by atoms with Gasteiger partial charge in [-0.25, -0.2) is 4.39 Å². The fourth-order valence-electron chi connectivity index (χ4n) is 1.94. The molecule has 22 heavy (non-hydrogen) atoms. The van der Waals surface area contributed by atoms with Crippen molar-refractivity contribution in [2.75, 3.05) is 23.7 Å². The summed E-state index contributed by atoms with van der Waals surface area (Å²) >= 11 is 5.73. The van der Waals surface area contributed by atoms with Crippen LogP contribution in [0.1, 0.15) is 13.8 Å². The third kappa shape index (κ3) is 5.11. The third-order valence-corrected chi connectivity index (χ3v) is 3.22. The molecule has 0 saturated carbocycles. The van der Waals surface area contributed by atoms with E-state index in [9.17, 15) is 4.39 Å². The van der Waals surface area contributed by atoms with Gasteiger partial charge in [0, 0.05) is 24.5 Å². The minimum atomic E-state index is -0.408. The molecule has 0 fully saturated rings. The van der Waals surface area contributed by atoms with E-state index in [4.69, 9.17) is 16.3 Å². The number of benzene rings is 2. The van der Waals surface area contributed by atoms with Crippen molar-refractivity contribution in [2.45, 2.75) is 20.0 Å². The van der Waals surface area contributed by atoms with Crippen molar-refractivity contribution in [3.63, 3.8) is 0 Å². The zero-order chi connectivity index (χ0) is 15.9. The molecule has 5 heteroatoms. The van der Waals surface area contributed by atoms with Crippen LogP contribution >= 0.6 is 11.6 Å². The zero-order valence-electron chi connectivity index (χ0n) is 12.7. The maximum Gasteiger partial charge on any atom is 0.141 e. The van der Waals surface area contributed by atoms with Crippen LogP contribution in [0.3, 0.4) is 0 Å². The van der Waals surface area contributed by atoms with E-state index in [-0.39, 0.29) is 11.1 Å². The molecule has 0 amide bonds. The van der Waals surface area contributed by atoms with E-state index in [0.29, 0.717) is 6.54 Å². The van der Waals surface area contributed by atoms with Gasteiger partial charge in [-0.15, -0.1) is 0 Å². The highest BCUT2D eigenvalue weighted by Gasteiger charge is 2.00. The van der Waals surface area contributed by atoms with Gasteiger partial charge in [0.1, 0.15) is 11.6 Å². The molecular weight excluding hydrogens is 303 g/mol. The average molecular weight is 323 g/mol. The predicted octanol–water partition coefficient (Wildman–Crippen LogP) is 4.79. The van der Waals surface area contributed by atoms with Crippen molar-refractivity contribution < 1.29 is 9.13 Å². The van der Waals surface area contributed by atoms with E-state index in [0.717, 1.165) is 23.7 Å². The molecular formula is C17H20ClFN2O. The molecule has 0 aromatic heterocycles. The number of hydrogen-bond acceptors (Lipinski definition) is 3. The fourth-order valence-corrected chi connectivity index (χ4v) is 2.12. The molecule has 3 nitrogen and oxygen atoms in total. The van der Waals surface area contributed by atoms with Gasteiger partial charge < -0.3 is 15.4 Å². The number of anilines is 2. The Labute approximate surface area is 135 Å². The standard InChI is InChI=1S/C17H20ClFN2O/c1-12(2)22-15-6-3-13(4-7-15)20-9-10-21-14-5-8-17(19)16(18)11-14/h3-8,11-12,20-21H,9-10H2,1-2H3. The molecule has 0 radical (unpaired) electrons. The van der Waals surface area contributed by atoms with Crippen molar-refractivity contribution in [3.8, 4) is 5.75 Å². The third-order valence-electron chi connectivity index (χ3n) is 2.93. The van der Waals surface area contributed by atoms with Crippen LogP contribution in [0.15, 0.2) is 42.5 Å². The number of rotatable bonds is 7. The van der Waals surface area contributed by atoms with Crippen LogP contribution in [0.2, 0.25) is 5.02 Å². The molecule has 0 unspecified atom stereocenters. The summed E-state index contributed by atoms with van der Waals surface area (Å²) in [5, 5.41) is 6.60. The highest BCUT2D eigenvalue weighted by Crippen LogP contribution is 2.19. The zero-order valence-corrected chi connectivity index (χ0v) is 13.5. The Kier molecular flexibility index (Phi) is 5.90. The molecule has 0 aliphatic heterocycles. The summed E-state index contributed by atoms with van der Waals surface area (Å²) in [5.41, 5.74) is 1.82. The lowest BCUT2D eigenvalue weighted by molar-refractivity contribution is 0.242. The van der Waals surface area contributed by atoms with Crippen LogP contribution in [0, 0.1) is 5.82 Å². The highest BCUT2D eigenvalue weighted by atomic mass is 35.5. The molecule has 0 aliphatic rings. The first-order chi connectivity index (χ1) is 10.5. The smallest absolute Gasteiger partial charge is 0.141 e. The van der Waals surface area contributed by atoms with Gasteiger partial charge in [0.05, 0.1) is 11.1 Å². The summed E-state index contributed by atoms with van der Waals surface area (Å²) in [7, 11) is 0. The van der Waals surface area contributed by atoms with Crippen LogP contribution in [0.25, 0.3) is 0 Å². The van der Waals surface area contributed by atoms with Gasteiger partial charge in [0.2, 0.25) is 0 Å². The van der Waals surface area contributed by atoms with E-state index in [2.05, 4.69) is 10.6 Å². The van der Waals surface area contributed by atoms with Crippen molar-refractivity contribution in [2.24, 2.45) is 0 Å². The van der Waals surface area contributed by atoms with Gasteiger partial charge in [-0.2, -0.15) is 0 Å². The van der Waals surface area contributed by atoms with E-state index in [1.807, 2.05) is 38.1 Å². The lowest BCUT2D eigenvalue weighted by Crippen LogP contribution is -2.13. The molecule has 0 bridgehead atoms. The number of halogens is 2. The number of hydrogen-bond donors (Lipinski definition) is 2. The van der Waals surface area contributed by atoms with Gasteiger partial charge in [-0.1, -0.05) is 11.6 Å². The average Bonchev–Trinajstić information content (AvgIpc) is 2.48. The molecule has 2 rings (SSSR count). The Balaban J connectivity index is 1.75. The second-order valence-corrected chi connectivity index (χ2v) is 5.58. The Hall–Kier alpha value is -1.94. The molecule has 0 saturated heterocycles. The molecule has 2 aromatic rings. The predicted molar refractivity (Wildman–Crippen MR) is 90.6 cm³/mol. The summed E-state index contributed by atoms with van der Waals surface area (Å²) in [5.74, 6) is 0.452. The monoisotopic (exact) mass is 322 g/mol. The first kappa shape index (κ1) is 16.4. The van der Waals surface area contributed by atoms with Gasteiger partial charge in [0.15, 0.2) is 0 Å². The fraction of sp³-hybridized carbons (Fsp3) is 0.294. The summed E-state index contributed by atoms with van der Waals surface area (Å²) < 4.78 is 18.6. The van der Waals surface area contributed by atoms with Gasteiger partial charge in [-0.05, 0) is 56.3 Å². The minimum Gasteiger partial charge on any atom is -0.491 e. The molecule has 2 aromatic carbocycles. The van der Waals surface area contributed by atoms with E-state index < -0.39 is 5.82 Å².